The molecule has 98 valence electrons. The molecule has 0 amide bonds. The van der Waals surface area contributed by atoms with Crippen molar-refractivity contribution < 1.29 is 4.74 Å². The van der Waals surface area contributed by atoms with Crippen LogP contribution in [0.5, 0.6) is 5.75 Å². The maximum Gasteiger partial charge on any atom is 0.171 e. The molecule has 1 fully saturated rings. The Labute approximate surface area is 109 Å². The minimum Gasteiger partial charge on any atom is -0.490 e. The van der Waals surface area contributed by atoms with Crippen molar-refractivity contribution in [3.63, 3.8) is 0 Å². The van der Waals surface area contributed by atoms with Crippen LogP contribution in [-0.2, 0) is 0 Å². The maximum absolute atomic E-state index is 5.81. The van der Waals surface area contributed by atoms with Crippen LogP contribution in [-0.4, -0.2) is 48.2 Å². The summed E-state index contributed by atoms with van der Waals surface area (Å²) in [6.07, 6.45) is 2.94. The summed E-state index contributed by atoms with van der Waals surface area (Å²) in [6, 6.07) is 5.14. The lowest BCUT2D eigenvalue weighted by atomic mass is 10.1. The van der Waals surface area contributed by atoms with Crippen molar-refractivity contribution in [3.8, 4) is 5.75 Å². The molecule has 0 saturated carbocycles. The average molecular weight is 247 g/mol. The van der Waals surface area contributed by atoms with Gasteiger partial charge in [-0.1, -0.05) is 0 Å². The molecule has 0 N–H and O–H groups in total. The van der Waals surface area contributed by atoms with E-state index in [1.807, 2.05) is 18.3 Å². The van der Waals surface area contributed by atoms with Gasteiger partial charge in [-0.2, -0.15) is 0 Å². The summed E-state index contributed by atoms with van der Waals surface area (Å²) in [4.78, 5) is 9.50. The molecule has 1 aromatic rings. The Balaban J connectivity index is 1.86. The van der Waals surface area contributed by atoms with E-state index in [1.54, 1.807) is 0 Å². The molecular formula is C14H21N3O. The van der Waals surface area contributed by atoms with Crippen LogP contribution in [0, 0.1) is 0 Å². The number of piperazine rings is 1. The number of aromatic nitrogens is 1. The first-order valence-electron chi connectivity index (χ1n) is 6.84. The van der Waals surface area contributed by atoms with Gasteiger partial charge in [0.2, 0.25) is 0 Å². The monoisotopic (exact) mass is 247 g/mol. The van der Waals surface area contributed by atoms with Crippen molar-refractivity contribution in [2.24, 2.45) is 0 Å². The zero-order valence-electron chi connectivity index (χ0n) is 11.2. The van der Waals surface area contributed by atoms with Crippen molar-refractivity contribution in [1.82, 2.24) is 9.88 Å². The van der Waals surface area contributed by atoms with Crippen molar-refractivity contribution in [1.29, 1.82) is 0 Å². The molecule has 2 aliphatic heterocycles. The lowest BCUT2D eigenvalue weighted by Gasteiger charge is -2.42. The van der Waals surface area contributed by atoms with E-state index >= 15 is 0 Å². The first-order chi connectivity index (χ1) is 8.75. The fraction of sp³-hybridized carbons (Fsp3) is 0.643. The van der Waals surface area contributed by atoms with E-state index in [9.17, 15) is 0 Å². The van der Waals surface area contributed by atoms with Gasteiger partial charge >= 0.3 is 0 Å². The van der Waals surface area contributed by atoms with Gasteiger partial charge in [-0.3, -0.25) is 4.90 Å². The molecule has 2 aliphatic rings. The summed E-state index contributed by atoms with van der Waals surface area (Å²) < 4.78 is 5.81. The molecule has 0 aromatic carbocycles. The SMILES string of the molecule is CC(C)N1CCN2c3ncccc3OCC[C@@H]2C1. The number of rotatable bonds is 1. The van der Waals surface area contributed by atoms with Gasteiger partial charge in [0, 0.05) is 44.3 Å². The third kappa shape index (κ3) is 2.05. The number of hydrogen-bond acceptors (Lipinski definition) is 4. The quantitative estimate of drug-likeness (QED) is 0.756. The smallest absolute Gasteiger partial charge is 0.171 e. The summed E-state index contributed by atoms with van der Waals surface area (Å²) in [7, 11) is 0. The van der Waals surface area contributed by atoms with Crippen LogP contribution in [0.3, 0.4) is 0 Å². The number of anilines is 1. The summed E-state index contributed by atoms with van der Waals surface area (Å²) >= 11 is 0. The highest BCUT2D eigenvalue weighted by Crippen LogP contribution is 2.32. The first-order valence-corrected chi connectivity index (χ1v) is 6.84. The van der Waals surface area contributed by atoms with Crippen LogP contribution in [0.1, 0.15) is 20.3 Å². The Morgan fingerprint density at radius 2 is 2.28 bits per heavy atom. The molecule has 3 rings (SSSR count). The van der Waals surface area contributed by atoms with Crippen molar-refractivity contribution >= 4 is 5.82 Å². The van der Waals surface area contributed by atoms with Gasteiger partial charge in [-0.15, -0.1) is 0 Å². The van der Waals surface area contributed by atoms with Crippen LogP contribution in [0.25, 0.3) is 0 Å². The average Bonchev–Trinajstić information content (AvgIpc) is 2.57. The number of fused-ring (bicyclic) bond motifs is 3. The van der Waals surface area contributed by atoms with Crippen molar-refractivity contribution in [3.05, 3.63) is 18.3 Å². The molecule has 4 heteroatoms. The molecule has 1 saturated heterocycles. The first kappa shape index (κ1) is 11.8. The molecule has 4 nitrogen and oxygen atoms in total. The van der Waals surface area contributed by atoms with E-state index in [4.69, 9.17) is 4.74 Å². The molecule has 1 aromatic heterocycles. The highest BCUT2D eigenvalue weighted by atomic mass is 16.5. The lowest BCUT2D eigenvalue weighted by molar-refractivity contribution is 0.172. The summed E-state index contributed by atoms with van der Waals surface area (Å²) in [5, 5.41) is 0. The molecular weight excluding hydrogens is 226 g/mol. The van der Waals surface area contributed by atoms with Crippen molar-refractivity contribution in [2.45, 2.75) is 32.4 Å². The molecule has 0 radical (unpaired) electrons. The van der Waals surface area contributed by atoms with Gasteiger partial charge in [-0.25, -0.2) is 4.98 Å². The maximum atomic E-state index is 5.81. The predicted molar refractivity (Wildman–Crippen MR) is 72.2 cm³/mol. The third-order valence-electron chi connectivity index (χ3n) is 3.98. The highest BCUT2D eigenvalue weighted by molar-refractivity contribution is 5.54. The normalized spacial score (nSPS) is 24.2. The Morgan fingerprint density at radius 1 is 1.39 bits per heavy atom. The Bertz CT molecular complexity index is 421. The predicted octanol–water partition coefficient (Wildman–Crippen LogP) is 1.76. The molecule has 3 heterocycles. The molecule has 0 aliphatic carbocycles. The Hall–Kier alpha value is -1.29. The van der Waals surface area contributed by atoms with E-state index in [0.29, 0.717) is 12.1 Å². The minimum atomic E-state index is 0.539. The number of hydrogen-bond donors (Lipinski definition) is 0. The Morgan fingerprint density at radius 3 is 3.11 bits per heavy atom. The van der Waals surface area contributed by atoms with Gasteiger partial charge in [0.15, 0.2) is 11.6 Å². The van der Waals surface area contributed by atoms with Gasteiger partial charge in [-0.05, 0) is 26.0 Å². The Kier molecular flexibility index (Phi) is 3.12. The van der Waals surface area contributed by atoms with Crippen LogP contribution in [0.2, 0.25) is 0 Å². The third-order valence-corrected chi connectivity index (χ3v) is 3.98. The lowest BCUT2D eigenvalue weighted by Crippen LogP contribution is -2.55. The standard InChI is InChI=1S/C14H21N3O/c1-11(2)16-7-8-17-12(10-16)5-9-18-13-4-3-6-15-14(13)17/h3-4,6,11-12H,5,7-10H2,1-2H3/t12-/m1/s1. The van der Waals surface area contributed by atoms with E-state index < -0.39 is 0 Å². The molecule has 0 unspecified atom stereocenters. The minimum absolute atomic E-state index is 0.539. The second-order valence-electron chi connectivity index (χ2n) is 5.40. The summed E-state index contributed by atoms with van der Waals surface area (Å²) in [6.45, 7) is 8.63. The zero-order valence-corrected chi connectivity index (χ0v) is 11.2. The zero-order chi connectivity index (χ0) is 12.5. The second-order valence-corrected chi connectivity index (χ2v) is 5.40. The van der Waals surface area contributed by atoms with E-state index in [2.05, 4.69) is 28.6 Å². The molecule has 0 bridgehead atoms. The second kappa shape index (κ2) is 4.76. The van der Waals surface area contributed by atoms with E-state index in [0.717, 1.165) is 44.2 Å². The van der Waals surface area contributed by atoms with Crippen LogP contribution >= 0.6 is 0 Å². The van der Waals surface area contributed by atoms with E-state index in [-0.39, 0.29) is 0 Å². The van der Waals surface area contributed by atoms with E-state index in [1.165, 1.54) is 0 Å². The van der Waals surface area contributed by atoms with Crippen molar-refractivity contribution in [2.75, 3.05) is 31.1 Å². The van der Waals surface area contributed by atoms with Gasteiger partial charge < -0.3 is 9.64 Å². The summed E-state index contributed by atoms with van der Waals surface area (Å²) in [5.74, 6) is 1.97. The van der Waals surface area contributed by atoms with Crippen LogP contribution in [0.4, 0.5) is 5.82 Å². The number of pyridine rings is 1. The topological polar surface area (TPSA) is 28.6 Å². The summed E-state index contributed by atoms with van der Waals surface area (Å²) in [5.41, 5.74) is 0. The molecule has 18 heavy (non-hydrogen) atoms. The van der Waals surface area contributed by atoms with Crippen LogP contribution < -0.4 is 9.64 Å². The number of nitrogens with zero attached hydrogens (tertiary/aromatic N) is 3. The number of ether oxygens (including phenoxy) is 1. The highest BCUT2D eigenvalue weighted by Gasteiger charge is 2.32. The fourth-order valence-corrected chi connectivity index (χ4v) is 2.89. The molecule has 0 spiro atoms. The fourth-order valence-electron chi connectivity index (χ4n) is 2.89. The van der Waals surface area contributed by atoms with Gasteiger partial charge in [0.05, 0.1) is 6.61 Å². The molecule has 1 atom stereocenters. The largest absolute Gasteiger partial charge is 0.490 e. The van der Waals surface area contributed by atoms with Gasteiger partial charge in [0.1, 0.15) is 0 Å². The van der Waals surface area contributed by atoms with Crippen LogP contribution in [0.15, 0.2) is 18.3 Å². The van der Waals surface area contributed by atoms with Gasteiger partial charge in [0.25, 0.3) is 0 Å².